The first-order valence-electron chi connectivity index (χ1n) is 9.88. The molecular formula is C26H22Au2Cl2P2. The van der Waals surface area contributed by atoms with Gasteiger partial charge in [-0.25, -0.2) is 0 Å². The fraction of sp³-hybridized carbons (Fsp3) is 0. The summed E-state index contributed by atoms with van der Waals surface area (Å²) in [6.45, 7) is 0. The van der Waals surface area contributed by atoms with Crippen molar-refractivity contribution < 1.29 is 35.3 Å². The third-order valence-electron chi connectivity index (χ3n) is 5.06. The van der Waals surface area contributed by atoms with E-state index in [2.05, 4.69) is 133 Å². The van der Waals surface area contributed by atoms with Crippen molar-refractivity contribution in [2.45, 2.75) is 0 Å². The van der Waals surface area contributed by atoms with Crippen LogP contribution in [0.1, 0.15) is 0 Å². The van der Waals surface area contributed by atoms with Crippen LogP contribution >= 0.6 is 27.8 Å². The molecule has 0 aliphatic heterocycles. The third-order valence-corrected chi connectivity index (χ3v) is 30.7. The Hall–Kier alpha value is -0.459. The molecule has 4 aromatic rings. The van der Waals surface area contributed by atoms with E-state index < -0.39 is 44.7 Å². The van der Waals surface area contributed by atoms with Crippen LogP contribution < -0.4 is 21.2 Å². The van der Waals surface area contributed by atoms with Crippen molar-refractivity contribution in [3.05, 3.63) is 133 Å². The van der Waals surface area contributed by atoms with Crippen molar-refractivity contribution in [1.29, 1.82) is 0 Å². The Morgan fingerprint density at radius 2 is 0.625 bits per heavy atom. The topological polar surface area (TPSA) is 0 Å². The predicted octanol–water partition coefficient (Wildman–Crippen LogP) is 7.10. The molecule has 0 saturated heterocycles. The molecule has 0 bridgehead atoms. The van der Waals surface area contributed by atoms with Gasteiger partial charge in [0.25, 0.3) is 0 Å². The second-order valence-electron chi connectivity index (χ2n) is 6.91. The fourth-order valence-electron chi connectivity index (χ4n) is 3.50. The second-order valence-corrected chi connectivity index (χ2v) is 28.5. The van der Waals surface area contributed by atoms with Gasteiger partial charge >= 0.3 is 217 Å². The summed E-state index contributed by atoms with van der Waals surface area (Å²) in [4.78, 5) is 0. The minimum atomic E-state index is -1.87. The predicted molar refractivity (Wildman–Crippen MR) is 139 cm³/mol. The number of hydrogen-bond acceptors (Lipinski definition) is 0. The summed E-state index contributed by atoms with van der Waals surface area (Å²) >= 11 is -0.968. The van der Waals surface area contributed by atoms with E-state index in [0.717, 1.165) is 0 Å². The summed E-state index contributed by atoms with van der Waals surface area (Å²) in [5.41, 5.74) is 0. The number of hydrogen-bond donors (Lipinski definition) is 0. The summed E-state index contributed by atoms with van der Waals surface area (Å²) in [5.74, 6) is 4.97. The van der Waals surface area contributed by atoms with Gasteiger partial charge < -0.3 is 0 Å². The minimum absolute atomic E-state index is 0.484. The van der Waals surface area contributed by atoms with Crippen LogP contribution in [0.2, 0.25) is 0 Å². The van der Waals surface area contributed by atoms with Crippen LogP contribution in [0.4, 0.5) is 0 Å². The zero-order valence-electron chi connectivity index (χ0n) is 17.0. The molecule has 0 atom stereocenters. The van der Waals surface area contributed by atoms with E-state index in [0.29, 0.717) is 0 Å². The van der Waals surface area contributed by atoms with Crippen molar-refractivity contribution in [3.8, 4) is 0 Å². The van der Waals surface area contributed by atoms with Crippen LogP contribution in [0.5, 0.6) is 0 Å². The van der Waals surface area contributed by atoms with Gasteiger partial charge in [-0.15, -0.1) is 0 Å². The number of halogens is 2. The second kappa shape index (κ2) is 11.8. The Balaban J connectivity index is 2.00. The van der Waals surface area contributed by atoms with Gasteiger partial charge in [-0.05, 0) is 0 Å². The van der Waals surface area contributed by atoms with Gasteiger partial charge in [-0.1, -0.05) is 0 Å². The standard InChI is InChI=1S/C26H22P2.2Au.2ClH/c1-5-13-23(14-6-1)27(24-15-7-2-8-16-24)21-22-28(25-17-9-3-10-18-25)26-19-11-4-12-20-26;;;;/h1-22H;;;2*1H/q;2*+1;;/p-2/b22-21+;;;;. The van der Waals surface area contributed by atoms with Crippen LogP contribution in [0, 0.1) is 0 Å². The first-order chi connectivity index (χ1) is 15.7. The number of benzene rings is 4. The van der Waals surface area contributed by atoms with Gasteiger partial charge in [0, 0.05) is 0 Å². The molecule has 0 radical (unpaired) electrons. The molecule has 0 N–H and O–H groups in total. The van der Waals surface area contributed by atoms with Gasteiger partial charge in [0.2, 0.25) is 0 Å². The van der Waals surface area contributed by atoms with Gasteiger partial charge in [-0.3, -0.25) is 0 Å². The molecule has 0 amide bonds. The monoisotopic (exact) mass is 860 g/mol. The SMILES string of the molecule is [Cl][Au]=[P](/C=C/[P](=[Au][Cl])(c1ccccc1)c1ccccc1)(c1ccccc1)c1ccccc1. The molecule has 32 heavy (non-hydrogen) atoms. The van der Waals surface area contributed by atoms with Gasteiger partial charge in [-0.2, -0.15) is 0 Å². The average molecular weight is 861 g/mol. The summed E-state index contributed by atoms with van der Waals surface area (Å²) in [6, 6.07) is 43.2. The Kier molecular flexibility index (Phi) is 9.09. The zero-order valence-corrected chi connectivity index (χ0v) is 24.6. The van der Waals surface area contributed by atoms with Gasteiger partial charge in [0.1, 0.15) is 0 Å². The number of rotatable bonds is 6. The molecule has 6 heteroatoms. The Morgan fingerprint density at radius 3 is 0.812 bits per heavy atom. The normalized spacial score (nSPS) is 12.4. The molecule has 0 saturated carbocycles. The molecule has 0 unspecified atom stereocenters. The molecule has 0 aliphatic rings. The van der Waals surface area contributed by atoms with Crippen molar-refractivity contribution in [2.24, 2.45) is 0 Å². The molecule has 0 nitrogen and oxygen atoms in total. The molecule has 0 aromatic heterocycles. The summed E-state index contributed by atoms with van der Waals surface area (Å²) in [5, 5.41) is 5.35. The van der Waals surface area contributed by atoms with Crippen molar-refractivity contribution in [2.75, 3.05) is 0 Å². The van der Waals surface area contributed by atoms with Crippen molar-refractivity contribution in [3.63, 3.8) is 0 Å². The van der Waals surface area contributed by atoms with Crippen LogP contribution in [0.3, 0.4) is 0 Å². The van der Waals surface area contributed by atoms with Crippen LogP contribution in [-0.2, 0) is 35.3 Å². The molecule has 0 spiro atoms. The Labute approximate surface area is 215 Å². The zero-order chi connectivity index (χ0) is 22.3. The maximum absolute atomic E-state index is 6.94. The summed E-state index contributed by atoms with van der Waals surface area (Å²) in [6.07, 6.45) is 0. The summed E-state index contributed by atoms with van der Waals surface area (Å²) < 4.78 is -3.73. The maximum atomic E-state index is 6.94. The van der Waals surface area contributed by atoms with E-state index in [-0.39, 0.29) is 0 Å². The molecule has 4 aromatic carbocycles. The quantitative estimate of drug-likeness (QED) is 0.144. The van der Waals surface area contributed by atoms with Crippen molar-refractivity contribution >= 4 is 49.0 Å². The molecule has 0 heterocycles. The van der Waals surface area contributed by atoms with Crippen LogP contribution in [0.25, 0.3) is 0 Å². The fourth-order valence-corrected chi connectivity index (χ4v) is 26.0. The van der Waals surface area contributed by atoms with E-state index in [1.165, 1.54) is 21.2 Å². The summed E-state index contributed by atoms with van der Waals surface area (Å²) in [7, 11) is 13.9. The van der Waals surface area contributed by atoms with E-state index >= 15 is 0 Å². The molecular weight excluding hydrogens is 839 g/mol. The van der Waals surface area contributed by atoms with Gasteiger partial charge in [0.15, 0.2) is 0 Å². The van der Waals surface area contributed by atoms with Crippen molar-refractivity contribution in [1.82, 2.24) is 0 Å². The molecule has 4 rings (SSSR count). The van der Waals surface area contributed by atoms with E-state index in [1.807, 2.05) is 0 Å². The molecule has 172 valence electrons. The average Bonchev–Trinajstić information content (AvgIpc) is 2.89. The van der Waals surface area contributed by atoms with E-state index in [9.17, 15) is 0 Å². The van der Waals surface area contributed by atoms with E-state index in [4.69, 9.17) is 18.4 Å². The molecule has 0 fully saturated rings. The Morgan fingerprint density at radius 1 is 0.406 bits per heavy atom. The first kappa shape index (κ1) is 24.7. The van der Waals surface area contributed by atoms with E-state index in [1.54, 1.807) is 0 Å². The molecule has 0 aliphatic carbocycles. The Bertz CT molecular complexity index is 1100. The van der Waals surface area contributed by atoms with Gasteiger partial charge in [0.05, 0.1) is 0 Å². The van der Waals surface area contributed by atoms with Crippen LogP contribution in [0.15, 0.2) is 133 Å². The first-order valence-corrected chi connectivity index (χ1v) is 24.4. The third kappa shape index (κ3) is 5.12. The van der Waals surface area contributed by atoms with Crippen LogP contribution in [-0.4, -0.2) is 0 Å².